The van der Waals surface area contributed by atoms with E-state index in [0.717, 1.165) is 5.54 Å². The van der Waals surface area contributed by atoms with Gasteiger partial charge in [-0.05, 0) is 5.54 Å². The highest BCUT2D eigenvalue weighted by atomic mass is 35.6. The largest absolute Gasteiger partial charge is 0.179 e. The van der Waals surface area contributed by atoms with Crippen molar-refractivity contribution in [1.82, 2.24) is 0 Å². The lowest BCUT2D eigenvalue weighted by Gasteiger charge is -2.30. The predicted molar refractivity (Wildman–Crippen MR) is 54.5 cm³/mol. The first-order chi connectivity index (χ1) is 5.17. The molecule has 0 amide bonds. The third kappa shape index (κ3) is 2.34. The third-order valence-corrected chi connectivity index (χ3v) is 7.16. The summed E-state index contributed by atoms with van der Waals surface area (Å²) >= 11 is 6.42. The third-order valence-electron chi connectivity index (χ3n) is 2.80. The predicted octanol–water partition coefficient (Wildman–Crippen LogP) is 3.86. The van der Waals surface area contributed by atoms with Crippen LogP contribution in [0.1, 0.15) is 32.1 Å². The summed E-state index contributed by atoms with van der Waals surface area (Å²) < 4.78 is 0. The molecule has 0 aliphatic heterocycles. The lowest BCUT2D eigenvalue weighted by Crippen LogP contribution is -2.28. The summed E-state index contributed by atoms with van der Waals surface area (Å²) in [5.74, 6) is 0. The van der Waals surface area contributed by atoms with Crippen LogP contribution >= 0.6 is 11.1 Å². The van der Waals surface area contributed by atoms with Crippen LogP contribution in [0.5, 0.6) is 0 Å². The summed E-state index contributed by atoms with van der Waals surface area (Å²) in [6.45, 7) is 6.06. The Morgan fingerprint density at radius 2 is 1.91 bits per heavy atom. The molecule has 0 N–H and O–H groups in total. The Labute approximate surface area is 75.4 Å². The van der Waals surface area contributed by atoms with Crippen LogP contribution in [0.4, 0.5) is 0 Å². The van der Waals surface area contributed by atoms with Crippen molar-refractivity contribution in [3.05, 3.63) is 12.3 Å². The molecule has 0 bridgehead atoms. The monoisotopic (exact) mass is 188 g/mol. The molecule has 0 spiro atoms. The highest BCUT2D eigenvalue weighted by Gasteiger charge is 2.32. The molecule has 0 radical (unpaired) electrons. The fraction of sp³-hybridized carbons (Fsp3) is 0.778. The molecule has 1 atom stereocenters. The molecule has 64 valence electrons. The maximum Gasteiger partial charge on any atom is 0.179 e. The quantitative estimate of drug-likeness (QED) is 0.456. The molecule has 1 rings (SSSR count). The van der Waals surface area contributed by atoms with E-state index in [1.807, 2.05) is 5.70 Å². The zero-order valence-corrected chi connectivity index (χ0v) is 9.03. The van der Waals surface area contributed by atoms with E-state index >= 15 is 0 Å². The average molecular weight is 189 g/mol. The minimum atomic E-state index is -1.54. The summed E-state index contributed by atoms with van der Waals surface area (Å²) in [6, 6.07) is 0. The molecule has 11 heavy (non-hydrogen) atoms. The molecule has 0 saturated heterocycles. The standard InChI is InChI=1S/C9H17ClSi/c1-3-11(2,10)9-7-5-4-6-8-9/h3,9H,1,4-8H2,2H3. The highest BCUT2D eigenvalue weighted by Crippen LogP contribution is 2.39. The van der Waals surface area contributed by atoms with Crippen molar-refractivity contribution in [2.75, 3.05) is 0 Å². The summed E-state index contributed by atoms with van der Waals surface area (Å²) in [7, 11) is -1.54. The smallest absolute Gasteiger partial charge is 0.162 e. The molecule has 0 aromatic rings. The molecule has 0 aromatic carbocycles. The van der Waals surface area contributed by atoms with Crippen molar-refractivity contribution in [2.45, 2.75) is 44.2 Å². The van der Waals surface area contributed by atoms with Crippen LogP contribution in [0, 0.1) is 0 Å². The summed E-state index contributed by atoms with van der Waals surface area (Å²) in [5, 5.41) is 0. The van der Waals surface area contributed by atoms with E-state index in [0.29, 0.717) is 0 Å². The Morgan fingerprint density at radius 1 is 1.36 bits per heavy atom. The second-order valence-electron chi connectivity index (χ2n) is 3.69. The SMILES string of the molecule is C=C[Si](C)(Cl)C1CCCCC1. The van der Waals surface area contributed by atoms with Gasteiger partial charge in [0.2, 0.25) is 0 Å². The van der Waals surface area contributed by atoms with Gasteiger partial charge in [0.25, 0.3) is 0 Å². The first-order valence-electron chi connectivity index (χ1n) is 4.49. The normalized spacial score (nSPS) is 26.0. The average Bonchev–Trinajstić information content (AvgIpc) is 2.06. The van der Waals surface area contributed by atoms with Gasteiger partial charge in [-0.25, -0.2) is 0 Å². The molecular formula is C9H17ClSi. The Balaban J connectivity index is 2.50. The first-order valence-corrected chi connectivity index (χ1v) is 8.16. The Morgan fingerprint density at radius 3 is 2.36 bits per heavy atom. The molecule has 0 aromatic heterocycles. The molecule has 0 heterocycles. The van der Waals surface area contributed by atoms with Crippen molar-refractivity contribution >= 4 is 18.5 Å². The van der Waals surface area contributed by atoms with Gasteiger partial charge in [0.15, 0.2) is 7.38 Å². The van der Waals surface area contributed by atoms with E-state index in [1.54, 1.807) is 0 Å². The molecule has 0 nitrogen and oxygen atoms in total. The van der Waals surface area contributed by atoms with Crippen molar-refractivity contribution in [3.63, 3.8) is 0 Å². The van der Waals surface area contributed by atoms with Crippen LogP contribution < -0.4 is 0 Å². The van der Waals surface area contributed by atoms with Crippen LogP contribution in [0.15, 0.2) is 12.3 Å². The van der Waals surface area contributed by atoms with Gasteiger partial charge in [-0.2, -0.15) is 11.1 Å². The summed E-state index contributed by atoms with van der Waals surface area (Å²) in [4.78, 5) is 0. The topological polar surface area (TPSA) is 0 Å². The van der Waals surface area contributed by atoms with Crippen LogP contribution in [0.25, 0.3) is 0 Å². The molecule has 1 fully saturated rings. The van der Waals surface area contributed by atoms with E-state index in [1.165, 1.54) is 32.1 Å². The molecule has 1 aliphatic rings. The maximum atomic E-state index is 6.42. The van der Waals surface area contributed by atoms with E-state index < -0.39 is 7.38 Å². The Kier molecular flexibility index (Phi) is 3.20. The fourth-order valence-corrected chi connectivity index (χ4v) is 4.36. The fourth-order valence-electron chi connectivity index (χ4n) is 1.83. The molecule has 1 saturated carbocycles. The highest BCUT2D eigenvalue weighted by molar-refractivity contribution is 7.23. The van der Waals surface area contributed by atoms with Crippen molar-refractivity contribution < 1.29 is 0 Å². The lowest BCUT2D eigenvalue weighted by molar-refractivity contribution is 0.497. The van der Waals surface area contributed by atoms with Gasteiger partial charge in [-0.15, -0.1) is 6.58 Å². The zero-order valence-electron chi connectivity index (χ0n) is 7.28. The van der Waals surface area contributed by atoms with E-state index in [2.05, 4.69) is 13.1 Å². The van der Waals surface area contributed by atoms with Gasteiger partial charge < -0.3 is 0 Å². The van der Waals surface area contributed by atoms with Gasteiger partial charge in [0.05, 0.1) is 0 Å². The molecule has 1 aliphatic carbocycles. The van der Waals surface area contributed by atoms with Crippen LogP contribution in [0.2, 0.25) is 12.1 Å². The van der Waals surface area contributed by atoms with Crippen molar-refractivity contribution in [1.29, 1.82) is 0 Å². The lowest BCUT2D eigenvalue weighted by atomic mass is 10.0. The van der Waals surface area contributed by atoms with Crippen LogP contribution in [-0.2, 0) is 0 Å². The number of hydrogen-bond donors (Lipinski definition) is 0. The number of rotatable bonds is 2. The van der Waals surface area contributed by atoms with Crippen molar-refractivity contribution in [3.8, 4) is 0 Å². The summed E-state index contributed by atoms with van der Waals surface area (Å²) in [5.41, 5.74) is 2.83. The second kappa shape index (κ2) is 3.77. The van der Waals surface area contributed by atoms with Crippen LogP contribution in [0.3, 0.4) is 0 Å². The second-order valence-corrected chi connectivity index (χ2v) is 9.66. The van der Waals surface area contributed by atoms with Gasteiger partial charge in [-0.3, -0.25) is 0 Å². The maximum absolute atomic E-state index is 6.42. The minimum Gasteiger partial charge on any atom is -0.162 e. The summed E-state index contributed by atoms with van der Waals surface area (Å²) in [6.07, 6.45) is 6.87. The Bertz CT molecular complexity index is 136. The minimum absolute atomic E-state index is 0.801. The van der Waals surface area contributed by atoms with E-state index in [4.69, 9.17) is 11.1 Å². The van der Waals surface area contributed by atoms with E-state index in [-0.39, 0.29) is 0 Å². The van der Waals surface area contributed by atoms with Crippen LogP contribution in [-0.4, -0.2) is 7.38 Å². The molecular weight excluding hydrogens is 172 g/mol. The van der Waals surface area contributed by atoms with Gasteiger partial charge >= 0.3 is 0 Å². The van der Waals surface area contributed by atoms with Gasteiger partial charge in [-0.1, -0.05) is 44.4 Å². The van der Waals surface area contributed by atoms with Crippen molar-refractivity contribution in [2.24, 2.45) is 0 Å². The molecule has 2 heteroatoms. The molecule has 1 unspecified atom stereocenters. The van der Waals surface area contributed by atoms with Gasteiger partial charge in [0, 0.05) is 0 Å². The first kappa shape index (κ1) is 9.34. The Hall–Kier alpha value is 0.247. The van der Waals surface area contributed by atoms with Gasteiger partial charge in [0.1, 0.15) is 0 Å². The zero-order chi connectivity index (χ0) is 8.32. The number of hydrogen-bond acceptors (Lipinski definition) is 0. The van der Waals surface area contributed by atoms with E-state index in [9.17, 15) is 0 Å². The number of halogens is 1.